The lowest BCUT2D eigenvalue weighted by molar-refractivity contribution is 0.823. The molecule has 0 aliphatic rings. The maximum absolute atomic E-state index is 4.06. The van der Waals surface area contributed by atoms with E-state index in [4.69, 9.17) is 0 Å². The molecule has 1 heterocycles. The maximum Gasteiger partial charge on any atom is 0.0299 e. The molecular formula is C10H14BrN. The third-order valence-corrected chi connectivity index (χ3v) is 2.99. The summed E-state index contributed by atoms with van der Waals surface area (Å²) in [5, 5.41) is 0. The minimum atomic E-state index is 0.596. The summed E-state index contributed by atoms with van der Waals surface area (Å²) in [6, 6.07) is 2.10. The number of nitrogens with zero attached hydrogens (tertiary/aromatic N) is 1. The van der Waals surface area contributed by atoms with E-state index in [2.05, 4.69) is 40.8 Å². The van der Waals surface area contributed by atoms with Crippen molar-refractivity contribution in [3.05, 3.63) is 29.6 Å². The zero-order chi connectivity index (χ0) is 8.97. The van der Waals surface area contributed by atoms with E-state index in [1.54, 1.807) is 0 Å². The molecule has 0 aliphatic carbocycles. The van der Waals surface area contributed by atoms with Gasteiger partial charge < -0.3 is 0 Å². The number of aryl methyl sites for hydroxylation is 1. The molecule has 0 fully saturated rings. The van der Waals surface area contributed by atoms with Gasteiger partial charge in [0.15, 0.2) is 0 Å². The van der Waals surface area contributed by atoms with Crippen LogP contribution in [0.2, 0.25) is 0 Å². The second-order valence-corrected chi connectivity index (χ2v) is 4.31. The van der Waals surface area contributed by atoms with Crippen molar-refractivity contribution in [2.24, 2.45) is 0 Å². The van der Waals surface area contributed by atoms with Crippen LogP contribution >= 0.6 is 15.9 Å². The molecule has 0 amide bonds. The molecule has 0 bridgehead atoms. The Bertz CT molecular complexity index is 247. The highest BCUT2D eigenvalue weighted by Gasteiger charge is 2.04. The zero-order valence-corrected chi connectivity index (χ0v) is 9.13. The average molecular weight is 228 g/mol. The summed E-state index contributed by atoms with van der Waals surface area (Å²) in [5.41, 5.74) is 2.68. The second-order valence-electron chi connectivity index (χ2n) is 3.01. The van der Waals surface area contributed by atoms with E-state index in [0.717, 1.165) is 6.42 Å². The van der Waals surface area contributed by atoms with Gasteiger partial charge in [-0.1, -0.05) is 22.9 Å². The van der Waals surface area contributed by atoms with Crippen LogP contribution in [-0.2, 0) is 6.42 Å². The maximum atomic E-state index is 4.06. The van der Waals surface area contributed by atoms with Crippen LogP contribution in [0.15, 0.2) is 18.5 Å². The predicted octanol–water partition coefficient (Wildman–Crippen LogP) is 3.11. The molecule has 1 rings (SSSR count). The Hall–Kier alpha value is -0.370. The SMILES string of the molecule is CCC(Br)Cc1ccncc1C. The Morgan fingerprint density at radius 2 is 2.33 bits per heavy atom. The van der Waals surface area contributed by atoms with Crippen LogP contribution in [0.25, 0.3) is 0 Å². The van der Waals surface area contributed by atoms with Gasteiger partial charge in [0, 0.05) is 17.2 Å². The summed E-state index contributed by atoms with van der Waals surface area (Å²) in [6.45, 7) is 4.30. The summed E-state index contributed by atoms with van der Waals surface area (Å²) in [4.78, 5) is 4.66. The third kappa shape index (κ3) is 2.59. The van der Waals surface area contributed by atoms with Crippen molar-refractivity contribution in [1.29, 1.82) is 0 Å². The molecule has 0 saturated carbocycles. The molecule has 1 aromatic heterocycles. The first-order valence-electron chi connectivity index (χ1n) is 4.27. The van der Waals surface area contributed by atoms with Crippen molar-refractivity contribution in [2.45, 2.75) is 31.5 Å². The summed E-state index contributed by atoms with van der Waals surface area (Å²) >= 11 is 3.63. The van der Waals surface area contributed by atoms with E-state index < -0.39 is 0 Å². The van der Waals surface area contributed by atoms with Gasteiger partial charge >= 0.3 is 0 Å². The molecular weight excluding hydrogens is 214 g/mol. The first-order valence-corrected chi connectivity index (χ1v) is 5.19. The summed E-state index contributed by atoms with van der Waals surface area (Å²) in [5.74, 6) is 0. The summed E-state index contributed by atoms with van der Waals surface area (Å²) in [7, 11) is 0. The highest BCUT2D eigenvalue weighted by molar-refractivity contribution is 9.09. The molecule has 0 spiro atoms. The normalized spacial score (nSPS) is 12.9. The topological polar surface area (TPSA) is 12.9 Å². The van der Waals surface area contributed by atoms with Crippen molar-refractivity contribution in [3.63, 3.8) is 0 Å². The molecule has 0 radical (unpaired) electrons. The molecule has 1 unspecified atom stereocenters. The number of hydrogen-bond donors (Lipinski definition) is 0. The number of pyridine rings is 1. The fourth-order valence-electron chi connectivity index (χ4n) is 1.11. The van der Waals surface area contributed by atoms with Crippen LogP contribution < -0.4 is 0 Å². The van der Waals surface area contributed by atoms with E-state index >= 15 is 0 Å². The fourth-order valence-corrected chi connectivity index (χ4v) is 1.46. The van der Waals surface area contributed by atoms with Crippen molar-refractivity contribution in [3.8, 4) is 0 Å². The highest BCUT2D eigenvalue weighted by Crippen LogP contribution is 2.14. The van der Waals surface area contributed by atoms with E-state index in [1.807, 2.05) is 12.4 Å². The molecule has 66 valence electrons. The Kier molecular flexibility index (Phi) is 3.73. The molecule has 0 saturated heterocycles. The van der Waals surface area contributed by atoms with Crippen LogP contribution in [0, 0.1) is 6.92 Å². The predicted molar refractivity (Wildman–Crippen MR) is 55.7 cm³/mol. The number of hydrogen-bond acceptors (Lipinski definition) is 1. The summed E-state index contributed by atoms with van der Waals surface area (Å²) < 4.78 is 0. The minimum Gasteiger partial charge on any atom is -0.264 e. The number of alkyl halides is 1. The molecule has 1 aromatic rings. The largest absolute Gasteiger partial charge is 0.264 e. The Labute approximate surface area is 82.3 Å². The van der Waals surface area contributed by atoms with Crippen LogP contribution in [-0.4, -0.2) is 9.81 Å². The quantitative estimate of drug-likeness (QED) is 0.724. The van der Waals surface area contributed by atoms with Gasteiger partial charge in [0.25, 0.3) is 0 Å². The average Bonchev–Trinajstić information content (AvgIpc) is 2.09. The first kappa shape index (κ1) is 9.72. The van der Waals surface area contributed by atoms with Crippen LogP contribution in [0.1, 0.15) is 24.5 Å². The van der Waals surface area contributed by atoms with Crippen LogP contribution in [0.4, 0.5) is 0 Å². The highest BCUT2D eigenvalue weighted by atomic mass is 79.9. The van der Waals surface area contributed by atoms with E-state index in [-0.39, 0.29) is 0 Å². The van der Waals surface area contributed by atoms with Gasteiger partial charge in [-0.25, -0.2) is 0 Å². The molecule has 1 atom stereocenters. The smallest absolute Gasteiger partial charge is 0.0299 e. The summed E-state index contributed by atoms with van der Waals surface area (Å²) in [6.07, 6.45) is 6.05. The van der Waals surface area contributed by atoms with Gasteiger partial charge in [0.05, 0.1) is 0 Å². The molecule has 0 aliphatic heterocycles. The number of rotatable bonds is 3. The van der Waals surface area contributed by atoms with Gasteiger partial charge in [-0.2, -0.15) is 0 Å². The monoisotopic (exact) mass is 227 g/mol. The standard InChI is InChI=1S/C10H14BrN/c1-3-10(11)6-9-4-5-12-7-8(9)2/h4-5,7,10H,3,6H2,1-2H3. The van der Waals surface area contributed by atoms with Gasteiger partial charge in [-0.3, -0.25) is 4.98 Å². The van der Waals surface area contributed by atoms with E-state index in [0.29, 0.717) is 4.83 Å². The lowest BCUT2D eigenvalue weighted by atomic mass is 10.1. The molecule has 2 heteroatoms. The zero-order valence-electron chi connectivity index (χ0n) is 7.55. The molecule has 0 aromatic carbocycles. The fraction of sp³-hybridized carbons (Fsp3) is 0.500. The Morgan fingerprint density at radius 1 is 1.58 bits per heavy atom. The molecule has 0 N–H and O–H groups in total. The molecule has 12 heavy (non-hydrogen) atoms. The number of aromatic nitrogens is 1. The van der Waals surface area contributed by atoms with Crippen molar-refractivity contribution >= 4 is 15.9 Å². The van der Waals surface area contributed by atoms with Gasteiger partial charge in [-0.15, -0.1) is 0 Å². The van der Waals surface area contributed by atoms with E-state index in [9.17, 15) is 0 Å². The van der Waals surface area contributed by atoms with Gasteiger partial charge in [0.2, 0.25) is 0 Å². The Balaban J connectivity index is 2.69. The second kappa shape index (κ2) is 4.61. The molecule has 1 nitrogen and oxygen atoms in total. The van der Waals surface area contributed by atoms with Gasteiger partial charge in [0.1, 0.15) is 0 Å². The van der Waals surface area contributed by atoms with Crippen LogP contribution in [0.5, 0.6) is 0 Å². The van der Waals surface area contributed by atoms with Crippen LogP contribution in [0.3, 0.4) is 0 Å². The van der Waals surface area contributed by atoms with Gasteiger partial charge in [-0.05, 0) is 37.0 Å². The van der Waals surface area contributed by atoms with E-state index in [1.165, 1.54) is 17.5 Å². The first-order chi connectivity index (χ1) is 5.74. The van der Waals surface area contributed by atoms with Crippen molar-refractivity contribution in [1.82, 2.24) is 4.98 Å². The van der Waals surface area contributed by atoms with Crippen molar-refractivity contribution in [2.75, 3.05) is 0 Å². The number of halogens is 1. The third-order valence-electron chi connectivity index (χ3n) is 2.02. The van der Waals surface area contributed by atoms with Crippen molar-refractivity contribution < 1.29 is 0 Å². The Morgan fingerprint density at radius 3 is 2.92 bits per heavy atom. The lowest BCUT2D eigenvalue weighted by Crippen LogP contribution is -2.02. The minimum absolute atomic E-state index is 0.596. The lowest BCUT2D eigenvalue weighted by Gasteiger charge is -2.08.